The fourth-order valence-electron chi connectivity index (χ4n) is 3.24. The van der Waals surface area contributed by atoms with E-state index in [9.17, 15) is 0 Å². The second-order valence-corrected chi connectivity index (χ2v) is 6.58. The first-order chi connectivity index (χ1) is 10.2. The molecular formula is C19H32N2. The normalized spacial score (nSPS) is 18.8. The summed E-state index contributed by atoms with van der Waals surface area (Å²) in [5.74, 6) is 0.909. The van der Waals surface area contributed by atoms with Crippen LogP contribution >= 0.6 is 0 Å². The summed E-state index contributed by atoms with van der Waals surface area (Å²) < 4.78 is 0. The summed E-state index contributed by atoms with van der Waals surface area (Å²) in [5, 5.41) is 3.67. The minimum atomic E-state index is 0.471. The van der Waals surface area contributed by atoms with Crippen LogP contribution in [0.4, 0.5) is 0 Å². The molecule has 1 N–H and O–H groups in total. The highest BCUT2D eigenvalue weighted by Gasteiger charge is 2.19. The molecule has 0 bridgehead atoms. The number of likely N-dealkylation sites (tertiary alicyclic amines) is 1. The Morgan fingerprint density at radius 3 is 2.38 bits per heavy atom. The summed E-state index contributed by atoms with van der Waals surface area (Å²) >= 11 is 0. The summed E-state index contributed by atoms with van der Waals surface area (Å²) in [5.41, 5.74) is 2.90. The maximum absolute atomic E-state index is 3.67. The standard InChI is InChI=1S/C19H32N2/c1-4-6-17-7-9-18(10-8-17)19(20-5-2)15-21-13-11-16(3)12-14-21/h7-10,16,19-20H,4-6,11-15H2,1-3H3. The molecule has 1 aliphatic heterocycles. The van der Waals surface area contributed by atoms with Gasteiger partial charge in [-0.1, -0.05) is 51.5 Å². The lowest BCUT2D eigenvalue weighted by molar-refractivity contribution is 0.175. The lowest BCUT2D eigenvalue weighted by atomic mass is 9.97. The zero-order chi connectivity index (χ0) is 15.1. The van der Waals surface area contributed by atoms with Crippen LogP contribution in [0.3, 0.4) is 0 Å². The second kappa shape index (κ2) is 8.55. The highest BCUT2D eigenvalue weighted by Crippen LogP contribution is 2.21. The average Bonchev–Trinajstić information content (AvgIpc) is 2.50. The third-order valence-corrected chi connectivity index (χ3v) is 4.69. The number of benzene rings is 1. The molecule has 0 amide bonds. The molecule has 0 saturated carbocycles. The van der Waals surface area contributed by atoms with E-state index in [1.807, 2.05) is 0 Å². The Balaban J connectivity index is 1.97. The molecular weight excluding hydrogens is 256 g/mol. The summed E-state index contributed by atoms with van der Waals surface area (Å²) in [6.45, 7) is 11.5. The van der Waals surface area contributed by atoms with Crippen molar-refractivity contribution in [3.05, 3.63) is 35.4 Å². The van der Waals surface area contributed by atoms with Crippen molar-refractivity contribution in [2.75, 3.05) is 26.2 Å². The Morgan fingerprint density at radius 1 is 1.14 bits per heavy atom. The Hall–Kier alpha value is -0.860. The van der Waals surface area contributed by atoms with Crippen LogP contribution in [-0.4, -0.2) is 31.1 Å². The molecule has 0 spiro atoms. The van der Waals surface area contributed by atoms with Crippen molar-refractivity contribution in [2.45, 2.75) is 52.5 Å². The van der Waals surface area contributed by atoms with Gasteiger partial charge in [-0.2, -0.15) is 0 Å². The molecule has 21 heavy (non-hydrogen) atoms. The van der Waals surface area contributed by atoms with E-state index >= 15 is 0 Å². The van der Waals surface area contributed by atoms with E-state index in [-0.39, 0.29) is 0 Å². The average molecular weight is 288 g/mol. The Morgan fingerprint density at radius 2 is 1.81 bits per heavy atom. The van der Waals surface area contributed by atoms with Gasteiger partial charge in [0, 0.05) is 12.6 Å². The first-order valence-electron chi connectivity index (χ1n) is 8.77. The first kappa shape index (κ1) is 16.5. The quantitative estimate of drug-likeness (QED) is 0.815. The maximum atomic E-state index is 3.67. The van der Waals surface area contributed by atoms with Gasteiger partial charge in [-0.15, -0.1) is 0 Å². The minimum Gasteiger partial charge on any atom is -0.309 e. The van der Waals surface area contributed by atoms with Crippen molar-refractivity contribution in [2.24, 2.45) is 5.92 Å². The van der Waals surface area contributed by atoms with Gasteiger partial charge in [0.15, 0.2) is 0 Å². The number of piperidine rings is 1. The SMILES string of the molecule is CCCc1ccc(C(CN2CCC(C)CC2)NCC)cc1. The zero-order valence-corrected chi connectivity index (χ0v) is 14.1. The third-order valence-electron chi connectivity index (χ3n) is 4.69. The molecule has 2 rings (SSSR count). The lowest BCUT2D eigenvalue weighted by Crippen LogP contribution is -2.39. The van der Waals surface area contributed by atoms with Gasteiger partial charge in [-0.25, -0.2) is 0 Å². The molecule has 1 atom stereocenters. The Kier molecular flexibility index (Phi) is 6.72. The summed E-state index contributed by atoms with van der Waals surface area (Å²) in [4.78, 5) is 2.63. The van der Waals surface area contributed by atoms with E-state index in [4.69, 9.17) is 0 Å². The molecule has 1 saturated heterocycles. The van der Waals surface area contributed by atoms with Crippen LogP contribution < -0.4 is 5.32 Å². The summed E-state index contributed by atoms with van der Waals surface area (Å²) in [7, 11) is 0. The third kappa shape index (κ3) is 5.12. The molecule has 2 heteroatoms. The van der Waals surface area contributed by atoms with E-state index in [1.165, 1.54) is 49.9 Å². The molecule has 0 radical (unpaired) electrons. The number of likely N-dealkylation sites (N-methyl/N-ethyl adjacent to an activating group) is 1. The maximum Gasteiger partial charge on any atom is 0.0449 e. The van der Waals surface area contributed by atoms with Crippen molar-refractivity contribution in [1.82, 2.24) is 10.2 Å². The molecule has 1 aromatic rings. The Labute approximate surface area is 130 Å². The molecule has 118 valence electrons. The Bertz CT molecular complexity index is 391. The molecule has 1 aliphatic rings. The van der Waals surface area contributed by atoms with Gasteiger partial charge in [0.1, 0.15) is 0 Å². The molecule has 1 unspecified atom stereocenters. The molecule has 1 fully saturated rings. The van der Waals surface area contributed by atoms with Gasteiger partial charge in [0.2, 0.25) is 0 Å². The molecule has 1 aromatic carbocycles. The van der Waals surface area contributed by atoms with E-state index in [0.717, 1.165) is 19.0 Å². The number of hydrogen-bond donors (Lipinski definition) is 1. The van der Waals surface area contributed by atoms with Crippen molar-refractivity contribution in [3.63, 3.8) is 0 Å². The fourth-order valence-corrected chi connectivity index (χ4v) is 3.24. The van der Waals surface area contributed by atoms with Crippen LogP contribution in [-0.2, 0) is 6.42 Å². The molecule has 1 heterocycles. The minimum absolute atomic E-state index is 0.471. The number of nitrogens with zero attached hydrogens (tertiary/aromatic N) is 1. The number of nitrogens with one attached hydrogen (secondary N) is 1. The second-order valence-electron chi connectivity index (χ2n) is 6.58. The monoisotopic (exact) mass is 288 g/mol. The van der Waals surface area contributed by atoms with Gasteiger partial charge in [-0.3, -0.25) is 0 Å². The van der Waals surface area contributed by atoms with E-state index in [1.54, 1.807) is 0 Å². The van der Waals surface area contributed by atoms with Crippen LogP contribution in [0.15, 0.2) is 24.3 Å². The van der Waals surface area contributed by atoms with Crippen molar-refractivity contribution in [3.8, 4) is 0 Å². The largest absolute Gasteiger partial charge is 0.309 e. The molecule has 2 nitrogen and oxygen atoms in total. The topological polar surface area (TPSA) is 15.3 Å². The van der Waals surface area contributed by atoms with Crippen molar-refractivity contribution >= 4 is 0 Å². The number of aryl methyl sites for hydroxylation is 1. The van der Waals surface area contributed by atoms with Crippen LogP contribution in [0, 0.1) is 5.92 Å². The van der Waals surface area contributed by atoms with Crippen LogP contribution in [0.2, 0.25) is 0 Å². The first-order valence-corrected chi connectivity index (χ1v) is 8.77. The predicted molar refractivity (Wildman–Crippen MR) is 91.7 cm³/mol. The van der Waals surface area contributed by atoms with Crippen LogP contribution in [0.1, 0.15) is 57.2 Å². The fraction of sp³-hybridized carbons (Fsp3) is 0.684. The highest BCUT2D eigenvalue weighted by molar-refractivity contribution is 5.25. The van der Waals surface area contributed by atoms with Gasteiger partial charge in [0.25, 0.3) is 0 Å². The van der Waals surface area contributed by atoms with Gasteiger partial charge in [0.05, 0.1) is 0 Å². The smallest absolute Gasteiger partial charge is 0.0449 e. The van der Waals surface area contributed by atoms with E-state index in [0.29, 0.717) is 6.04 Å². The number of hydrogen-bond acceptors (Lipinski definition) is 2. The summed E-state index contributed by atoms with van der Waals surface area (Å²) in [6, 6.07) is 9.73. The molecule has 0 aliphatic carbocycles. The van der Waals surface area contributed by atoms with E-state index < -0.39 is 0 Å². The lowest BCUT2D eigenvalue weighted by Gasteiger charge is -2.33. The van der Waals surface area contributed by atoms with Gasteiger partial charge >= 0.3 is 0 Å². The summed E-state index contributed by atoms with van der Waals surface area (Å²) in [6.07, 6.45) is 5.13. The van der Waals surface area contributed by atoms with E-state index in [2.05, 4.69) is 55.3 Å². The van der Waals surface area contributed by atoms with Crippen molar-refractivity contribution in [1.29, 1.82) is 0 Å². The van der Waals surface area contributed by atoms with Crippen LogP contribution in [0.25, 0.3) is 0 Å². The predicted octanol–water partition coefficient (Wildman–Crippen LogP) is 4.02. The zero-order valence-electron chi connectivity index (χ0n) is 14.1. The molecule has 0 aromatic heterocycles. The van der Waals surface area contributed by atoms with Crippen LogP contribution in [0.5, 0.6) is 0 Å². The highest BCUT2D eigenvalue weighted by atomic mass is 15.2. The van der Waals surface area contributed by atoms with Gasteiger partial charge in [-0.05, 0) is 55.9 Å². The van der Waals surface area contributed by atoms with Gasteiger partial charge < -0.3 is 10.2 Å². The number of rotatable bonds is 7. The van der Waals surface area contributed by atoms with Crippen molar-refractivity contribution < 1.29 is 0 Å².